The number of rotatable bonds is 2. The Bertz CT molecular complexity index is 502. The van der Waals surface area contributed by atoms with Crippen molar-refractivity contribution in [3.8, 4) is 0 Å². The van der Waals surface area contributed by atoms with Crippen LogP contribution in [0.2, 0.25) is 10.0 Å². The van der Waals surface area contributed by atoms with E-state index in [0.717, 1.165) is 5.56 Å². The molecule has 1 heterocycles. The highest BCUT2D eigenvalue weighted by Crippen LogP contribution is 2.33. The second kappa shape index (κ2) is 6.03. The maximum absolute atomic E-state index is 13.8. The molecule has 0 bridgehead atoms. The van der Waals surface area contributed by atoms with Crippen LogP contribution in [-0.2, 0) is 0 Å². The van der Waals surface area contributed by atoms with E-state index in [1.165, 1.54) is 17.4 Å². The smallest absolute Gasteiger partial charge is 0.148 e. The number of hydrogen-bond acceptors (Lipinski definition) is 2. The summed E-state index contributed by atoms with van der Waals surface area (Å²) in [6.45, 7) is 0. The first-order chi connectivity index (χ1) is 7.61. The molecule has 0 aliphatic heterocycles. The SMILES string of the molecule is Cl.N[C@@H](c1ccsc1)c1c(Cl)ccc(Cl)c1F. The summed E-state index contributed by atoms with van der Waals surface area (Å²) in [5.74, 6) is -0.548. The lowest BCUT2D eigenvalue weighted by Crippen LogP contribution is -2.13. The van der Waals surface area contributed by atoms with E-state index < -0.39 is 11.9 Å². The molecule has 1 aromatic heterocycles. The van der Waals surface area contributed by atoms with E-state index in [0.29, 0.717) is 5.02 Å². The van der Waals surface area contributed by atoms with Gasteiger partial charge in [0.1, 0.15) is 5.82 Å². The van der Waals surface area contributed by atoms with Crippen LogP contribution >= 0.6 is 46.9 Å². The molecule has 0 fully saturated rings. The van der Waals surface area contributed by atoms with Crippen LogP contribution in [0.15, 0.2) is 29.0 Å². The molecule has 0 saturated heterocycles. The average Bonchev–Trinajstić information content (AvgIpc) is 2.77. The van der Waals surface area contributed by atoms with E-state index in [1.807, 2.05) is 16.8 Å². The van der Waals surface area contributed by atoms with Crippen molar-refractivity contribution in [1.82, 2.24) is 0 Å². The molecule has 2 N–H and O–H groups in total. The summed E-state index contributed by atoms with van der Waals surface area (Å²) < 4.78 is 13.8. The topological polar surface area (TPSA) is 26.0 Å². The molecule has 92 valence electrons. The fourth-order valence-corrected chi connectivity index (χ4v) is 2.57. The minimum Gasteiger partial charge on any atom is -0.320 e. The maximum Gasteiger partial charge on any atom is 0.148 e. The zero-order valence-electron chi connectivity index (χ0n) is 8.49. The molecule has 1 atom stereocenters. The molecule has 1 nitrogen and oxygen atoms in total. The van der Waals surface area contributed by atoms with Gasteiger partial charge in [0.15, 0.2) is 0 Å². The van der Waals surface area contributed by atoms with Crippen molar-refractivity contribution in [3.63, 3.8) is 0 Å². The molecule has 0 aliphatic carbocycles. The Labute approximate surface area is 119 Å². The molecule has 1 aromatic carbocycles. The third kappa shape index (κ3) is 2.92. The van der Waals surface area contributed by atoms with E-state index in [1.54, 1.807) is 6.07 Å². The monoisotopic (exact) mass is 311 g/mol. The predicted molar refractivity (Wildman–Crippen MR) is 74.0 cm³/mol. The molecule has 0 radical (unpaired) electrons. The summed E-state index contributed by atoms with van der Waals surface area (Å²) in [6.07, 6.45) is 0. The van der Waals surface area contributed by atoms with Crippen LogP contribution in [0.4, 0.5) is 4.39 Å². The summed E-state index contributed by atoms with van der Waals surface area (Å²) in [5.41, 5.74) is 7.02. The van der Waals surface area contributed by atoms with E-state index in [4.69, 9.17) is 28.9 Å². The van der Waals surface area contributed by atoms with Crippen molar-refractivity contribution in [1.29, 1.82) is 0 Å². The van der Waals surface area contributed by atoms with Crippen LogP contribution in [0, 0.1) is 5.82 Å². The zero-order valence-corrected chi connectivity index (χ0v) is 11.6. The van der Waals surface area contributed by atoms with Gasteiger partial charge in [-0.25, -0.2) is 4.39 Å². The van der Waals surface area contributed by atoms with Crippen molar-refractivity contribution in [3.05, 3.63) is 55.9 Å². The van der Waals surface area contributed by atoms with Gasteiger partial charge in [0.2, 0.25) is 0 Å². The van der Waals surface area contributed by atoms with Crippen LogP contribution in [0.1, 0.15) is 17.2 Å². The van der Waals surface area contributed by atoms with Crippen LogP contribution in [0.3, 0.4) is 0 Å². The molecule has 0 amide bonds. The van der Waals surface area contributed by atoms with Crippen molar-refractivity contribution >= 4 is 46.9 Å². The maximum atomic E-state index is 13.8. The second-order valence-corrected chi connectivity index (χ2v) is 4.89. The van der Waals surface area contributed by atoms with Gasteiger partial charge in [0, 0.05) is 10.6 Å². The Morgan fingerprint density at radius 2 is 1.82 bits per heavy atom. The number of hydrogen-bond donors (Lipinski definition) is 1. The van der Waals surface area contributed by atoms with Crippen molar-refractivity contribution in [2.24, 2.45) is 5.73 Å². The van der Waals surface area contributed by atoms with Gasteiger partial charge in [0.25, 0.3) is 0 Å². The van der Waals surface area contributed by atoms with Crippen molar-refractivity contribution < 1.29 is 4.39 Å². The Hall–Kier alpha value is -0.320. The van der Waals surface area contributed by atoms with Crippen molar-refractivity contribution in [2.75, 3.05) is 0 Å². The van der Waals surface area contributed by atoms with Crippen LogP contribution in [0.5, 0.6) is 0 Å². The summed E-state index contributed by atoms with van der Waals surface area (Å²) in [4.78, 5) is 0. The third-order valence-electron chi connectivity index (χ3n) is 2.29. The van der Waals surface area contributed by atoms with Crippen LogP contribution < -0.4 is 5.73 Å². The van der Waals surface area contributed by atoms with Gasteiger partial charge in [-0.05, 0) is 34.5 Å². The molecule has 0 unspecified atom stereocenters. The molecule has 0 spiro atoms. The first kappa shape index (κ1) is 14.7. The molecule has 17 heavy (non-hydrogen) atoms. The Kier molecular flexibility index (Phi) is 5.22. The molecule has 2 rings (SSSR count). The number of thiophene rings is 1. The first-order valence-corrected chi connectivity index (χ1v) is 6.22. The summed E-state index contributed by atoms with van der Waals surface area (Å²) >= 11 is 13.1. The molecule has 0 saturated carbocycles. The average molecular weight is 313 g/mol. The fraction of sp³-hybridized carbons (Fsp3) is 0.0909. The fourth-order valence-electron chi connectivity index (χ4n) is 1.45. The first-order valence-electron chi connectivity index (χ1n) is 4.52. The minimum absolute atomic E-state index is 0. The third-order valence-corrected chi connectivity index (χ3v) is 3.62. The zero-order chi connectivity index (χ0) is 11.7. The normalized spacial score (nSPS) is 12.0. The van der Waals surface area contributed by atoms with Gasteiger partial charge >= 0.3 is 0 Å². The van der Waals surface area contributed by atoms with E-state index >= 15 is 0 Å². The summed E-state index contributed by atoms with van der Waals surface area (Å²) in [7, 11) is 0. The lowest BCUT2D eigenvalue weighted by Gasteiger charge is -2.14. The standard InChI is InChI=1S/C11H8Cl2FNS.ClH/c12-7-1-2-8(13)10(14)9(7)11(15)6-3-4-16-5-6;/h1-5,11H,15H2;1H/t11-;/m0./s1. The largest absolute Gasteiger partial charge is 0.320 e. The molecular weight excluding hydrogens is 304 g/mol. The molecule has 2 aromatic rings. The van der Waals surface area contributed by atoms with E-state index in [9.17, 15) is 4.39 Å². The van der Waals surface area contributed by atoms with Gasteiger partial charge in [-0.3, -0.25) is 0 Å². The van der Waals surface area contributed by atoms with Crippen LogP contribution in [0.25, 0.3) is 0 Å². The number of benzene rings is 1. The second-order valence-electron chi connectivity index (χ2n) is 3.29. The Balaban J connectivity index is 0.00000144. The summed E-state index contributed by atoms with van der Waals surface area (Å²) in [5, 5.41) is 4.07. The highest BCUT2D eigenvalue weighted by molar-refractivity contribution is 7.08. The minimum atomic E-state index is -0.586. The lowest BCUT2D eigenvalue weighted by atomic mass is 10.0. The molecule has 6 heteroatoms. The quantitative estimate of drug-likeness (QED) is 0.802. The molecular formula is C11H9Cl3FNS. The molecule has 0 aliphatic rings. The van der Waals surface area contributed by atoms with Crippen molar-refractivity contribution in [2.45, 2.75) is 6.04 Å². The number of halogens is 4. The highest BCUT2D eigenvalue weighted by atomic mass is 35.5. The van der Waals surface area contributed by atoms with E-state index in [2.05, 4.69) is 0 Å². The Morgan fingerprint density at radius 3 is 2.41 bits per heavy atom. The van der Waals surface area contributed by atoms with E-state index in [-0.39, 0.29) is 23.0 Å². The predicted octanol–water partition coefficient (Wildman–Crippen LogP) is 4.66. The van der Waals surface area contributed by atoms with Gasteiger partial charge in [-0.2, -0.15) is 11.3 Å². The van der Waals surface area contributed by atoms with Crippen LogP contribution in [-0.4, -0.2) is 0 Å². The lowest BCUT2D eigenvalue weighted by molar-refractivity contribution is 0.600. The van der Waals surface area contributed by atoms with Gasteiger partial charge < -0.3 is 5.73 Å². The van der Waals surface area contributed by atoms with Gasteiger partial charge in [-0.15, -0.1) is 12.4 Å². The van der Waals surface area contributed by atoms with Gasteiger partial charge in [0.05, 0.1) is 11.1 Å². The Morgan fingerprint density at radius 1 is 1.18 bits per heavy atom. The highest BCUT2D eigenvalue weighted by Gasteiger charge is 2.19. The number of nitrogens with two attached hydrogens (primary N) is 1. The van der Waals surface area contributed by atoms with Gasteiger partial charge in [-0.1, -0.05) is 23.2 Å². The summed E-state index contributed by atoms with van der Waals surface area (Å²) in [6, 6.07) is 4.22.